The number of nitrogens with one attached hydrogen (secondary N) is 1. The number of halogens is 1. The lowest BCUT2D eigenvalue weighted by molar-refractivity contribution is -0.384. The molecule has 154 valence electrons. The van der Waals surface area contributed by atoms with Gasteiger partial charge >= 0.3 is 0 Å². The molecule has 1 amide bonds. The number of non-ortho nitro benzene ring substituents is 1. The van der Waals surface area contributed by atoms with E-state index in [0.29, 0.717) is 22.8 Å². The average molecular weight is 428 g/mol. The summed E-state index contributed by atoms with van der Waals surface area (Å²) in [7, 11) is 0. The summed E-state index contributed by atoms with van der Waals surface area (Å²) in [4.78, 5) is 22.1. The molecule has 0 radical (unpaired) electrons. The number of hydrogen-bond acceptors (Lipinski definition) is 6. The van der Waals surface area contributed by atoms with Gasteiger partial charge in [-0.05, 0) is 55.3 Å². The van der Waals surface area contributed by atoms with Gasteiger partial charge in [0.1, 0.15) is 17.3 Å². The summed E-state index contributed by atoms with van der Waals surface area (Å²) >= 11 is 6.10. The number of ether oxygens (including phenoxy) is 1. The molecule has 3 aromatic rings. The van der Waals surface area contributed by atoms with Crippen molar-refractivity contribution in [3.63, 3.8) is 0 Å². The Labute approximate surface area is 177 Å². The monoisotopic (exact) mass is 427 g/mol. The van der Waals surface area contributed by atoms with Crippen LogP contribution < -0.4 is 10.2 Å². The highest BCUT2D eigenvalue weighted by atomic mass is 35.5. The summed E-state index contributed by atoms with van der Waals surface area (Å²) in [5, 5.41) is 14.8. The van der Waals surface area contributed by atoms with Crippen molar-refractivity contribution in [1.29, 1.82) is 0 Å². The molecular formula is C21H18ClN3O5. The third kappa shape index (κ3) is 5.24. The SMILES string of the molecule is Cc1ccc(OCC(=O)NN=Cc2ccc(-c3ccc([N+](=O)[O-])cc3Cl)o2)cc1C. The fraction of sp³-hybridized carbons (Fsp3) is 0.143. The van der Waals surface area contributed by atoms with Crippen LogP contribution in [0.25, 0.3) is 11.3 Å². The zero-order chi connectivity index (χ0) is 21.7. The Morgan fingerprint density at radius 2 is 2.00 bits per heavy atom. The third-order valence-electron chi connectivity index (χ3n) is 4.29. The fourth-order valence-corrected chi connectivity index (χ4v) is 2.81. The fourth-order valence-electron chi connectivity index (χ4n) is 2.54. The highest BCUT2D eigenvalue weighted by molar-refractivity contribution is 6.33. The molecule has 0 atom stereocenters. The molecule has 30 heavy (non-hydrogen) atoms. The zero-order valence-corrected chi connectivity index (χ0v) is 17.0. The Hall–Kier alpha value is -3.65. The van der Waals surface area contributed by atoms with Crippen LogP contribution in [-0.4, -0.2) is 23.7 Å². The number of rotatable bonds is 7. The maximum Gasteiger partial charge on any atom is 0.277 e. The van der Waals surface area contributed by atoms with Gasteiger partial charge in [-0.25, -0.2) is 5.43 Å². The summed E-state index contributed by atoms with van der Waals surface area (Å²) < 4.78 is 11.0. The number of furan rings is 1. The van der Waals surface area contributed by atoms with E-state index in [2.05, 4.69) is 10.5 Å². The van der Waals surface area contributed by atoms with Crippen LogP contribution in [0.4, 0.5) is 5.69 Å². The second kappa shape index (κ2) is 9.23. The molecule has 0 aliphatic rings. The zero-order valence-electron chi connectivity index (χ0n) is 16.2. The first-order valence-electron chi connectivity index (χ1n) is 8.89. The van der Waals surface area contributed by atoms with Gasteiger partial charge in [0.25, 0.3) is 11.6 Å². The van der Waals surface area contributed by atoms with Gasteiger partial charge in [-0.1, -0.05) is 17.7 Å². The van der Waals surface area contributed by atoms with Crippen LogP contribution in [-0.2, 0) is 4.79 Å². The molecule has 2 aromatic carbocycles. The number of nitro benzene ring substituents is 1. The summed E-state index contributed by atoms with van der Waals surface area (Å²) in [5.41, 5.74) is 4.97. The van der Waals surface area contributed by atoms with Crippen LogP contribution in [0.15, 0.2) is 58.0 Å². The van der Waals surface area contributed by atoms with E-state index in [1.807, 2.05) is 26.0 Å². The molecule has 0 unspecified atom stereocenters. The molecule has 1 N–H and O–H groups in total. The minimum Gasteiger partial charge on any atom is -0.484 e. The summed E-state index contributed by atoms with van der Waals surface area (Å²) in [5.74, 6) is 0.970. The van der Waals surface area contributed by atoms with Crippen molar-refractivity contribution in [2.24, 2.45) is 5.10 Å². The Morgan fingerprint density at radius 3 is 2.70 bits per heavy atom. The lowest BCUT2D eigenvalue weighted by Gasteiger charge is -2.07. The number of hydrogen-bond donors (Lipinski definition) is 1. The molecule has 0 saturated carbocycles. The first kappa shape index (κ1) is 21.1. The van der Waals surface area contributed by atoms with Crippen molar-refractivity contribution >= 4 is 29.4 Å². The number of amides is 1. The Bertz CT molecular complexity index is 1120. The van der Waals surface area contributed by atoms with Crippen LogP contribution in [0, 0.1) is 24.0 Å². The van der Waals surface area contributed by atoms with Gasteiger partial charge < -0.3 is 9.15 Å². The van der Waals surface area contributed by atoms with E-state index in [0.717, 1.165) is 11.1 Å². The van der Waals surface area contributed by atoms with E-state index in [9.17, 15) is 14.9 Å². The third-order valence-corrected chi connectivity index (χ3v) is 4.60. The highest BCUT2D eigenvalue weighted by Gasteiger charge is 2.13. The summed E-state index contributed by atoms with van der Waals surface area (Å²) in [6.45, 7) is 3.78. The van der Waals surface area contributed by atoms with Gasteiger partial charge in [-0.15, -0.1) is 0 Å². The molecule has 0 aliphatic heterocycles. The predicted molar refractivity (Wildman–Crippen MR) is 113 cm³/mol. The van der Waals surface area contributed by atoms with Crippen molar-refractivity contribution in [3.8, 4) is 17.1 Å². The van der Waals surface area contributed by atoms with Crippen LogP contribution in [0.1, 0.15) is 16.9 Å². The van der Waals surface area contributed by atoms with E-state index in [1.54, 1.807) is 18.2 Å². The van der Waals surface area contributed by atoms with Gasteiger partial charge in [0.2, 0.25) is 0 Å². The van der Waals surface area contributed by atoms with Crippen molar-refractivity contribution in [1.82, 2.24) is 5.43 Å². The van der Waals surface area contributed by atoms with Crippen molar-refractivity contribution in [2.75, 3.05) is 6.61 Å². The number of aryl methyl sites for hydroxylation is 2. The molecule has 0 fully saturated rings. The topological polar surface area (TPSA) is 107 Å². The number of nitrogens with zero attached hydrogens (tertiary/aromatic N) is 2. The smallest absolute Gasteiger partial charge is 0.277 e. The number of benzene rings is 2. The van der Waals surface area contributed by atoms with E-state index in [1.165, 1.54) is 24.4 Å². The molecule has 1 aromatic heterocycles. The Morgan fingerprint density at radius 1 is 1.20 bits per heavy atom. The first-order valence-corrected chi connectivity index (χ1v) is 9.27. The van der Waals surface area contributed by atoms with Crippen molar-refractivity contribution in [2.45, 2.75) is 13.8 Å². The number of carbonyl (C=O) groups excluding carboxylic acids is 1. The Kier molecular flexibility index (Phi) is 6.48. The predicted octanol–water partition coefficient (Wildman–Crippen LogP) is 4.65. The average Bonchev–Trinajstić information content (AvgIpc) is 3.17. The maximum atomic E-state index is 11.9. The summed E-state index contributed by atoms with van der Waals surface area (Å²) in [6, 6.07) is 13.0. The largest absolute Gasteiger partial charge is 0.484 e. The minimum atomic E-state index is -0.526. The quantitative estimate of drug-likeness (QED) is 0.335. The van der Waals surface area contributed by atoms with Crippen LogP contribution in [0.5, 0.6) is 5.75 Å². The van der Waals surface area contributed by atoms with E-state index in [-0.39, 0.29) is 17.3 Å². The van der Waals surface area contributed by atoms with E-state index in [4.69, 9.17) is 20.8 Å². The highest BCUT2D eigenvalue weighted by Crippen LogP contribution is 2.32. The molecular weight excluding hydrogens is 410 g/mol. The number of hydrazone groups is 1. The molecule has 0 aliphatic carbocycles. The van der Waals surface area contributed by atoms with Crippen molar-refractivity contribution in [3.05, 3.63) is 80.6 Å². The van der Waals surface area contributed by atoms with Crippen LogP contribution in [0.2, 0.25) is 5.02 Å². The lowest BCUT2D eigenvalue weighted by atomic mass is 10.1. The maximum absolute atomic E-state index is 11.9. The molecule has 1 heterocycles. The van der Waals surface area contributed by atoms with Crippen molar-refractivity contribution < 1.29 is 18.9 Å². The molecule has 9 heteroatoms. The second-order valence-corrected chi connectivity index (χ2v) is 6.86. The standard InChI is InChI=1S/C21H18ClN3O5/c1-13-3-5-16(9-14(13)2)29-12-21(26)24-23-11-17-6-8-20(30-17)18-7-4-15(25(27)28)10-19(18)22/h3-11H,12H2,1-2H3,(H,24,26). The van der Waals surface area contributed by atoms with E-state index >= 15 is 0 Å². The number of carbonyl (C=O) groups is 1. The summed E-state index contributed by atoms with van der Waals surface area (Å²) in [6.07, 6.45) is 1.33. The van der Waals surface area contributed by atoms with Crippen LogP contribution >= 0.6 is 11.6 Å². The minimum absolute atomic E-state index is 0.108. The number of nitro groups is 1. The van der Waals surface area contributed by atoms with Gasteiger partial charge in [-0.3, -0.25) is 14.9 Å². The molecule has 0 bridgehead atoms. The second-order valence-electron chi connectivity index (χ2n) is 6.45. The van der Waals surface area contributed by atoms with Gasteiger partial charge in [0.05, 0.1) is 16.2 Å². The normalized spacial score (nSPS) is 10.9. The van der Waals surface area contributed by atoms with Gasteiger partial charge in [-0.2, -0.15) is 5.10 Å². The molecule has 0 spiro atoms. The van der Waals surface area contributed by atoms with E-state index < -0.39 is 10.8 Å². The molecule has 8 nitrogen and oxygen atoms in total. The Balaban J connectivity index is 1.56. The lowest BCUT2D eigenvalue weighted by Crippen LogP contribution is -2.24. The molecule has 0 saturated heterocycles. The van der Waals surface area contributed by atoms with Crippen LogP contribution in [0.3, 0.4) is 0 Å². The van der Waals surface area contributed by atoms with Gasteiger partial charge in [0.15, 0.2) is 6.61 Å². The first-order chi connectivity index (χ1) is 14.3. The van der Waals surface area contributed by atoms with Gasteiger partial charge in [0, 0.05) is 17.7 Å². The molecule has 3 rings (SSSR count).